The largest absolute Gasteiger partial charge is 0.399 e. The van der Waals surface area contributed by atoms with E-state index in [0.717, 1.165) is 30.5 Å². The van der Waals surface area contributed by atoms with Crippen molar-refractivity contribution >= 4 is 5.69 Å². The van der Waals surface area contributed by atoms with Gasteiger partial charge in [0.15, 0.2) is 0 Å². The summed E-state index contributed by atoms with van der Waals surface area (Å²) in [6.07, 6.45) is 2.68. The summed E-state index contributed by atoms with van der Waals surface area (Å²) < 4.78 is 13.4. The zero-order valence-corrected chi connectivity index (χ0v) is 9.70. The molecular weight excluding hydrogens is 213 g/mol. The smallest absolute Gasteiger partial charge is 0.126 e. The third kappa shape index (κ3) is 3.31. The summed E-state index contributed by atoms with van der Waals surface area (Å²) in [4.78, 5) is 0. The van der Waals surface area contributed by atoms with Gasteiger partial charge in [0, 0.05) is 5.69 Å². The van der Waals surface area contributed by atoms with Gasteiger partial charge in [0.1, 0.15) is 5.82 Å². The molecule has 0 aromatic heterocycles. The molecule has 0 amide bonds. The number of halogens is 1. The summed E-state index contributed by atoms with van der Waals surface area (Å²) in [5, 5.41) is 0. The summed E-state index contributed by atoms with van der Waals surface area (Å²) in [6.45, 7) is 0. The first kappa shape index (κ1) is 11.6. The second-order valence-corrected chi connectivity index (χ2v) is 4.19. The van der Waals surface area contributed by atoms with Gasteiger partial charge in [0.2, 0.25) is 0 Å². The Kier molecular flexibility index (Phi) is 3.76. The molecule has 1 nitrogen and oxygen atoms in total. The second kappa shape index (κ2) is 5.48. The van der Waals surface area contributed by atoms with Crippen LogP contribution < -0.4 is 5.73 Å². The monoisotopic (exact) mass is 229 g/mol. The number of anilines is 1. The molecule has 2 aromatic rings. The Morgan fingerprint density at radius 1 is 0.882 bits per heavy atom. The highest BCUT2D eigenvalue weighted by Gasteiger charge is 2.00. The Balaban J connectivity index is 1.88. The van der Waals surface area contributed by atoms with Crippen LogP contribution in [-0.2, 0) is 12.8 Å². The van der Waals surface area contributed by atoms with E-state index >= 15 is 0 Å². The maximum Gasteiger partial charge on any atom is 0.126 e. The fourth-order valence-corrected chi connectivity index (χ4v) is 1.87. The van der Waals surface area contributed by atoms with Crippen LogP contribution in [0.15, 0.2) is 48.5 Å². The van der Waals surface area contributed by atoms with Crippen molar-refractivity contribution in [2.75, 3.05) is 5.73 Å². The molecule has 0 aliphatic rings. The highest BCUT2D eigenvalue weighted by Crippen LogP contribution is 2.12. The molecule has 17 heavy (non-hydrogen) atoms. The molecule has 2 rings (SSSR count). The van der Waals surface area contributed by atoms with Gasteiger partial charge in [-0.2, -0.15) is 0 Å². The third-order valence-electron chi connectivity index (χ3n) is 2.85. The van der Waals surface area contributed by atoms with E-state index in [1.807, 2.05) is 36.4 Å². The number of nitrogen functional groups attached to an aromatic ring is 1. The van der Waals surface area contributed by atoms with Gasteiger partial charge >= 0.3 is 0 Å². The van der Waals surface area contributed by atoms with Gasteiger partial charge in [-0.15, -0.1) is 0 Å². The third-order valence-corrected chi connectivity index (χ3v) is 2.85. The Morgan fingerprint density at radius 2 is 1.59 bits per heavy atom. The maximum absolute atomic E-state index is 13.4. The summed E-state index contributed by atoms with van der Waals surface area (Å²) in [7, 11) is 0. The number of rotatable bonds is 4. The lowest BCUT2D eigenvalue weighted by Gasteiger charge is -2.04. The number of hydrogen-bond acceptors (Lipinski definition) is 1. The van der Waals surface area contributed by atoms with E-state index in [-0.39, 0.29) is 5.82 Å². The standard InChI is InChI=1S/C15H16FN/c16-15-7-2-1-5-13(15)6-3-4-12-8-10-14(17)11-9-12/h1-2,5,7-11H,3-4,6,17H2. The Labute approximate surface area is 101 Å². The lowest BCUT2D eigenvalue weighted by Crippen LogP contribution is -1.93. The average molecular weight is 229 g/mol. The molecule has 88 valence electrons. The van der Waals surface area contributed by atoms with Gasteiger partial charge in [0.25, 0.3) is 0 Å². The molecule has 0 fully saturated rings. The molecule has 2 N–H and O–H groups in total. The first-order valence-electron chi connectivity index (χ1n) is 5.83. The first-order valence-corrected chi connectivity index (χ1v) is 5.83. The van der Waals surface area contributed by atoms with Crippen LogP contribution in [0.4, 0.5) is 10.1 Å². The molecule has 0 atom stereocenters. The van der Waals surface area contributed by atoms with E-state index in [4.69, 9.17) is 5.73 Å². The van der Waals surface area contributed by atoms with Crippen LogP contribution in [0.3, 0.4) is 0 Å². The van der Waals surface area contributed by atoms with E-state index in [2.05, 4.69) is 0 Å². The van der Waals surface area contributed by atoms with Crippen molar-refractivity contribution in [2.24, 2.45) is 0 Å². The topological polar surface area (TPSA) is 26.0 Å². The molecule has 0 unspecified atom stereocenters. The molecule has 0 aliphatic carbocycles. The van der Waals surface area contributed by atoms with Crippen LogP contribution >= 0.6 is 0 Å². The van der Waals surface area contributed by atoms with Gasteiger partial charge in [-0.05, 0) is 48.6 Å². The highest BCUT2D eigenvalue weighted by molar-refractivity contribution is 5.39. The lowest BCUT2D eigenvalue weighted by atomic mass is 10.0. The average Bonchev–Trinajstić information content (AvgIpc) is 2.34. The van der Waals surface area contributed by atoms with Gasteiger partial charge in [0.05, 0.1) is 0 Å². The quantitative estimate of drug-likeness (QED) is 0.797. The summed E-state index contributed by atoms with van der Waals surface area (Å²) in [5.41, 5.74) is 8.44. The number of nitrogens with two attached hydrogens (primary N) is 1. The number of aryl methyl sites for hydroxylation is 2. The number of hydrogen-bond donors (Lipinski definition) is 1. The van der Waals surface area contributed by atoms with Gasteiger partial charge in [-0.1, -0.05) is 30.3 Å². The van der Waals surface area contributed by atoms with Crippen LogP contribution in [0.1, 0.15) is 17.5 Å². The van der Waals surface area contributed by atoms with Crippen molar-refractivity contribution in [1.29, 1.82) is 0 Å². The first-order chi connectivity index (χ1) is 8.25. The Morgan fingerprint density at radius 3 is 2.29 bits per heavy atom. The van der Waals surface area contributed by atoms with Crippen molar-refractivity contribution in [3.05, 3.63) is 65.5 Å². The fraction of sp³-hybridized carbons (Fsp3) is 0.200. The van der Waals surface area contributed by atoms with E-state index < -0.39 is 0 Å². The van der Waals surface area contributed by atoms with Crippen molar-refractivity contribution in [2.45, 2.75) is 19.3 Å². The molecule has 0 radical (unpaired) electrons. The minimum atomic E-state index is -0.107. The minimum absolute atomic E-state index is 0.107. The zero-order chi connectivity index (χ0) is 12.1. The van der Waals surface area contributed by atoms with Crippen LogP contribution in [0.2, 0.25) is 0 Å². The highest BCUT2D eigenvalue weighted by atomic mass is 19.1. The molecule has 0 aliphatic heterocycles. The van der Waals surface area contributed by atoms with Gasteiger partial charge < -0.3 is 5.73 Å². The van der Waals surface area contributed by atoms with E-state index in [1.165, 1.54) is 11.6 Å². The van der Waals surface area contributed by atoms with Crippen LogP contribution in [0, 0.1) is 5.82 Å². The molecule has 0 saturated heterocycles. The molecule has 0 saturated carbocycles. The van der Waals surface area contributed by atoms with Crippen molar-refractivity contribution in [3.63, 3.8) is 0 Å². The van der Waals surface area contributed by atoms with E-state index in [9.17, 15) is 4.39 Å². The number of benzene rings is 2. The summed E-state index contributed by atoms with van der Waals surface area (Å²) in [5.74, 6) is -0.107. The van der Waals surface area contributed by atoms with Crippen LogP contribution in [0.5, 0.6) is 0 Å². The predicted molar refractivity (Wildman–Crippen MR) is 69.3 cm³/mol. The lowest BCUT2D eigenvalue weighted by molar-refractivity contribution is 0.604. The molecular formula is C15H16FN. The SMILES string of the molecule is Nc1ccc(CCCc2ccccc2F)cc1. The maximum atomic E-state index is 13.4. The minimum Gasteiger partial charge on any atom is -0.399 e. The van der Waals surface area contributed by atoms with Crippen molar-refractivity contribution in [3.8, 4) is 0 Å². The predicted octanol–water partition coefficient (Wildman–Crippen LogP) is 3.58. The molecule has 2 aromatic carbocycles. The molecule has 0 heterocycles. The van der Waals surface area contributed by atoms with E-state index in [0.29, 0.717) is 0 Å². The van der Waals surface area contributed by atoms with Crippen molar-refractivity contribution in [1.82, 2.24) is 0 Å². The normalized spacial score (nSPS) is 10.4. The fourth-order valence-electron chi connectivity index (χ4n) is 1.87. The molecule has 0 bridgehead atoms. The van der Waals surface area contributed by atoms with Gasteiger partial charge in [-0.25, -0.2) is 4.39 Å². The summed E-state index contributed by atoms with van der Waals surface area (Å²) in [6, 6.07) is 14.8. The van der Waals surface area contributed by atoms with Gasteiger partial charge in [-0.3, -0.25) is 0 Å². The zero-order valence-electron chi connectivity index (χ0n) is 9.70. The Hall–Kier alpha value is -1.83. The molecule has 2 heteroatoms. The van der Waals surface area contributed by atoms with E-state index in [1.54, 1.807) is 6.07 Å². The molecule has 0 spiro atoms. The summed E-state index contributed by atoms with van der Waals surface area (Å²) >= 11 is 0. The van der Waals surface area contributed by atoms with Crippen LogP contribution in [0.25, 0.3) is 0 Å². The van der Waals surface area contributed by atoms with Crippen molar-refractivity contribution < 1.29 is 4.39 Å². The second-order valence-electron chi connectivity index (χ2n) is 4.19. The van der Waals surface area contributed by atoms with Crippen LogP contribution in [-0.4, -0.2) is 0 Å². The Bertz CT molecular complexity index is 477.